The Morgan fingerprint density at radius 3 is 1.80 bits per heavy atom. The first-order valence-electron chi connectivity index (χ1n) is 10.2. The number of carbonyl (C=O) groups is 2. The van der Waals surface area contributed by atoms with Crippen LogP contribution in [0, 0.1) is 23.7 Å². The number of hydrogen-bond acceptors (Lipinski definition) is 2. The van der Waals surface area contributed by atoms with Crippen molar-refractivity contribution in [1.29, 1.82) is 0 Å². The second-order valence-corrected chi connectivity index (χ2v) is 8.61. The van der Waals surface area contributed by atoms with Gasteiger partial charge in [0.15, 0.2) is 0 Å². The van der Waals surface area contributed by atoms with Gasteiger partial charge in [-0.15, -0.1) is 0 Å². The van der Waals surface area contributed by atoms with Gasteiger partial charge in [-0.05, 0) is 42.9 Å². The van der Waals surface area contributed by atoms with E-state index in [1.54, 1.807) is 0 Å². The van der Waals surface area contributed by atoms with Crippen LogP contribution in [0.5, 0.6) is 0 Å². The third kappa shape index (κ3) is 16.2. The van der Waals surface area contributed by atoms with E-state index in [-0.39, 0.29) is 11.8 Å². The van der Waals surface area contributed by atoms with Gasteiger partial charge in [0.05, 0.1) is 0 Å². The Kier molecular flexibility index (Phi) is 13.5. The summed E-state index contributed by atoms with van der Waals surface area (Å²) >= 11 is 0. The van der Waals surface area contributed by atoms with Gasteiger partial charge >= 0.3 is 0 Å². The van der Waals surface area contributed by atoms with Crippen molar-refractivity contribution in [1.82, 2.24) is 10.6 Å². The summed E-state index contributed by atoms with van der Waals surface area (Å²) in [6.07, 6.45) is 6.59. The van der Waals surface area contributed by atoms with E-state index >= 15 is 0 Å². The molecule has 0 aromatic carbocycles. The topological polar surface area (TPSA) is 58.2 Å². The minimum atomic E-state index is 0.179. The lowest BCUT2D eigenvalue weighted by Gasteiger charge is -2.16. The first-order valence-corrected chi connectivity index (χ1v) is 10.2. The van der Waals surface area contributed by atoms with E-state index < -0.39 is 0 Å². The molecule has 0 aliphatic carbocycles. The summed E-state index contributed by atoms with van der Waals surface area (Å²) in [4.78, 5) is 23.4. The number of amides is 2. The van der Waals surface area contributed by atoms with Crippen LogP contribution in [-0.4, -0.2) is 24.9 Å². The van der Waals surface area contributed by atoms with Crippen molar-refractivity contribution in [2.75, 3.05) is 13.1 Å². The zero-order valence-electron chi connectivity index (χ0n) is 17.5. The molecular formula is C21H42N2O2. The van der Waals surface area contributed by atoms with E-state index in [0.717, 1.165) is 45.2 Å². The van der Waals surface area contributed by atoms with Crippen LogP contribution in [0.25, 0.3) is 0 Å². The fraction of sp³-hybridized carbons (Fsp3) is 0.905. The molecule has 4 heteroatoms. The molecular weight excluding hydrogens is 312 g/mol. The molecule has 0 radical (unpaired) electrons. The average molecular weight is 355 g/mol. The van der Waals surface area contributed by atoms with Crippen molar-refractivity contribution in [3.8, 4) is 0 Å². The summed E-state index contributed by atoms with van der Waals surface area (Å²) in [6, 6.07) is 0. The maximum absolute atomic E-state index is 11.7. The monoisotopic (exact) mass is 354 g/mol. The maximum Gasteiger partial charge on any atom is 0.220 e. The molecule has 0 bridgehead atoms. The summed E-state index contributed by atoms with van der Waals surface area (Å²) in [5.41, 5.74) is 0. The Morgan fingerprint density at radius 2 is 1.20 bits per heavy atom. The highest BCUT2D eigenvalue weighted by Gasteiger charge is 2.10. The molecule has 0 saturated heterocycles. The van der Waals surface area contributed by atoms with E-state index in [2.05, 4.69) is 52.2 Å². The first kappa shape index (κ1) is 23.9. The molecule has 2 amide bonds. The zero-order valence-corrected chi connectivity index (χ0v) is 17.5. The van der Waals surface area contributed by atoms with Crippen LogP contribution >= 0.6 is 0 Å². The third-order valence-electron chi connectivity index (χ3n) is 4.56. The lowest BCUT2D eigenvalue weighted by molar-refractivity contribution is -0.122. The van der Waals surface area contributed by atoms with Crippen molar-refractivity contribution in [3.05, 3.63) is 0 Å². The highest BCUT2D eigenvalue weighted by atomic mass is 16.2. The van der Waals surface area contributed by atoms with Crippen LogP contribution in [-0.2, 0) is 9.59 Å². The molecule has 0 rings (SSSR count). The lowest BCUT2D eigenvalue weighted by atomic mass is 9.94. The summed E-state index contributed by atoms with van der Waals surface area (Å²) < 4.78 is 0. The lowest BCUT2D eigenvalue weighted by Crippen LogP contribution is -2.28. The highest BCUT2D eigenvalue weighted by molar-refractivity contribution is 5.76. The number of nitrogens with one attached hydrogen (secondary N) is 2. The minimum Gasteiger partial charge on any atom is -0.356 e. The Labute approximate surface area is 155 Å². The van der Waals surface area contributed by atoms with Gasteiger partial charge in [-0.1, -0.05) is 54.4 Å². The highest BCUT2D eigenvalue weighted by Crippen LogP contribution is 2.17. The molecule has 0 aromatic heterocycles. The molecule has 0 saturated carbocycles. The largest absolute Gasteiger partial charge is 0.356 e. The van der Waals surface area contributed by atoms with Gasteiger partial charge in [-0.3, -0.25) is 9.59 Å². The second-order valence-electron chi connectivity index (χ2n) is 8.61. The predicted molar refractivity (Wildman–Crippen MR) is 106 cm³/mol. The van der Waals surface area contributed by atoms with Gasteiger partial charge < -0.3 is 10.6 Å². The molecule has 2 unspecified atom stereocenters. The van der Waals surface area contributed by atoms with Gasteiger partial charge in [-0.2, -0.15) is 0 Å². The molecule has 0 fully saturated rings. The second kappa shape index (κ2) is 14.1. The molecule has 0 aliphatic rings. The first-order chi connectivity index (χ1) is 11.7. The van der Waals surface area contributed by atoms with Gasteiger partial charge in [0.2, 0.25) is 11.8 Å². The number of carbonyl (C=O) groups excluding carboxylic acids is 2. The summed E-state index contributed by atoms with van der Waals surface area (Å²) in [5, 5.41) is 6.02. The summed E-state index contributed by atoms with van der Waals surface area (Å²) in [6.45, 7) is 14.5. The fourth-order valence-corrected chi connectivity index (χ4v) is 2.63. The molecule has 4 nitrogen and oxygen atoms in total. The van der Waals surface area contributed by atoms with Crippen LogP contribution in [0.3, 0.4) is 0 Å². The standard InChI is InChI=1S/C21H42N2O2/c1-16(2)10-13-21(25)23-15-19(6)12-11-18(5)8-7-9-20(24)22-14-17(3)4/h16-19H,7-15H2,1-6H3,(H,22,24)(H,23,25). The fourth-order valence-electron chi connectivity index (χ4n) is 2.63. The maximum atomic E-state index is 11.7. The van der Waals surface area contributed by atoms with Crippen LogP contribution in [0.1, 0.15) is 86.5 Å². The summed E-state index contributed by atoms with van der Waals surface area (Å²) in [5.74, 6) is 2.60. The average Bonchev–Trinajstić information content (AvgIpc) is 2.54. The zero-order chi connectivity index (χ0) is 19.2. The van der Waals surface area contributed by atoms with Gasteiger partial charge in [0.1, 0.15) is 0 Å². The van der Waals surface area contributed by atoms with Crippen LogP contribution < -0.4 is 10.6 Å². The minimum absolute atomic E-state index is 0.179. The van der Waals surface area contributed by atoms with Gasteiger partial charge in [0.25, 0.3) is 0 Å². The number of rotatable bonds is 14. The SMILES string of the molecule is CC(C)CCC(=O)NCC(C)CCC(C)CCCC(=O)NCC(C)C. The van der Waals surface area contributed by atoms with Crippen LogP contribution in [0.4, 0.5) is 0 Å². The van der Waals surface area contributed by atoms with Crippen LogP contribution in [0.2, 0.25) is 0 Å². The molecule has 0 aromatic rings. The summed E-state index contributed by atoms with van der Waals surface area (Å²) in [7, 11) is 0. The van der Waals surface area contributed by atoms with E-state index in [4.69, 9.17) is 0 Å². The predicted octanol–water partition coefficient (Wildman–Crippen LogP) is 4.53. The quantitative estimate of drug-likeness (QED) is 0.481. The van der Waals surface area contributed by atoms with Crippen molar-refractivity contribution in [2.24, 2.45) is 23.7 Å². The molecule has 0 spiro atoms. The normalized spacial score (nSPS) is 13.8. The Balaban J connectivity index is 3.68. The van der Waals surface area contributed by atoms with Crippen molar-refractivity contribution in [2.45, 2.75) is 86.5 Å². The molecule has 25 heavy (non-hydrogen) atoms. The smallest absolute Gasteiger partial charge is 0.220 e. The van der Waals surface area contributed by atoms with Crippen molar-refractivity contribution in [3.63, 3.8) is 0 Å². The Bertz CT molecular complexity index is 367. The molecule has 2 atom stereocenters. The van der Waals surface area contributed by atoms with Gasteiger partial charge in [0, 0.05) is 25.9 Å². The van der Waals surface area contributed by atoms with Crippen molar-refractivity contribution >= 4 is 11.8 Å². The number of hydrogen-bond donors (Lipinski definition) is 2. The Morgan fingerprint density at radius 1 is 0.640 bits per heavy atom. The third-order valence-corrected chi connectivity index (χ3v) is 4.56. The van der Waals surface area contributed by atoms with E-state index in [1.807, 2.05) is 0 Å². The molecule has 0 heterocycles. The van der Waals surface area contributed by atoms with E-state index in [9.17, 15) is 9.59 Å². The molecule has 148 valence electrons. The van der Waals surface area contributed by atoms with Crippen molar-refractivity contribution < 1.29 is 9.59 Å². The van der Waals surface area contributed by atoms with Crippen LogP contribution in [0.15, 0.2) is 0 Å². The molecule has 2 N–H and O–H groups in total. The van der Waals surface area contributed by atoms with E-state index in [1.165, 1.54) is 0 Å². The van der Waals surface area contributed by atoms with Gasteiger partial charge in [-0.25, -0.2) is 0 Å². The Hall–Kier alpha value is -1.06. The molecule has 0 aliphatic heterocycles. The van der Waals surface area contributed by atoms with E-state index in [0.29, 0.717) is 36.5 Å².